The van der Waals surface area contributed by atoms with Gasteiger partial charge in [0.2, 0.25) is 0 Å². The van der Waals surface area contributed by atoms with Gasteiger partial charge in [-0.25, -0.2) is 0 Å². The summed E-state index contributed by atoms with van der Waals surface area (Å²) in [6.07, 6.45) is 3.99. The molecule has 1 aliphatic heterocycles. The van der Waals surface area contributed by atoms with Gasteiger partial charge in [0, 0.05) is 23.4 Å². The van der Waals surface area contributed by atoms with Crippen LogP contribution in [0.2, 0.25) is 0 Å². The second-order valence-electron chi connectivity index (χ2n) is 1.73. The SMILES string of the molecule is O=S(=O)(Cl)N1C=CCC1. The zero-order chi connectivity index (χ0) is 6.91. The lowest BCUT2D eigenvalue weighted by molar-refractivity contribution is 0.533. The zero-order valence-corrected chi connectivity index (χ0v) is 6.19. The fourth-order valence-electron chi connectivity index (χ4n) is 0.650. The van der Waals surface area contributed by atoms with Gasteiger partial charge in [0.15, 0.2) is 0 Å². The van der Waals surface area contributed by atoms with Crippen molar-refractivity contribution in [1.29, 1.82) is 0 Å². The minimum absolute atomic E-state index is 0.478. The molecule has 0 spiro atoms. The number of rotatable bonds is 1. The van der Waals surface area contributed by atoms with Crippen molar-refractivity contribution in [2.45, 2.75) is 6.42 Å². The van der Waals surface area contributed by atoms with E-state index >= 15 is 0 Å². The average molecular weight is 168 g/mol. The third kappa shape index (κ3) is 1.59. The molecule has 0 amide bonds. The summed E-state index contributed by atoms with van der Waals surface area (Å²) in [7, 11) is 1.50. The Morgan fingerprint density at radius 3 is 2.44 bits per heavy atom. The van der Waals surface area contributed by atoms with Crippen molar-refractivity contribution in [1.82, 2.24) is 4.31 Å². The lowest BCUT2D eigenvalue weighted by Crippen LogP contribution is -2.18. The summed E-state index contributed by atoms with van der Waals surface area (Å²) in [5, 5.41) is 0. The van der Waals surface area contributed by atoms with Crippen LogP contribution in [0.25, 0.3) is 0 Å². The van der Waals surface area contributed by atoms with Crippen molar-refractivity contribution in [3.8, 4) is 0 Å². The Balaban J connectivity index is 2.76. The Bertz CT molecular complexity index is 221. The van der Waals surface area contributed by atoms with E-state index in [1.54, 1.807) is 6.08 Å². The van der Waals surface area contributed by atoms with Gasteiger partial charge in [-0.2, -0.15) is 8.42 Å². The Morgan fingerprint density at radius 2 is 2.22 bits per heavy atom. The summed E-state index contributed by atoms with van der Waals surface area (Å²) < 4.78 is 22.1. The second kappa shape index (κ2) is 2.19. The monoisotopic (exact) mass is 167 g/mol. The molecule has 0 unspecified atom stereocenters. The molecule has 0 radical (unpaired) electrons. The van der Waals surface area contributed by atoms with Crippen LogP contribution in [0.5, 0.6) is 0 Å². The molecular weight excluding hydrogens is 162 g/mol. The first-order valence-corrected chi connectivity index (χ1v) is 4.75. The number of hydrogen-bond donors (Lipinski definition) is 0. The van der Waals surface area contributed by atoms with E-state index in [-0.39, 0.29) is 0 Å². The Morgan fingerprint density at radius 1 is 1.56 bits per heavy atom. The van der Waals surface area contributed by atoms with Crippen LogP contribution in [0.3, 0.4) is 0 Å². The molecule has 3 nitrogen and oxygen atoms in total. The lowest BCUT2D eigenvalue weighted by atomic mass is 10.5. The van der Waals surface area contributed by atoms with E-state index in [1.165, 1.54) is 6.20 Å². The smallest absolute Gasteiger partial charge is 0.265 e. The van der Waals surface area contributed by atoms with Gasteiger partial charge in [0.25, 0.3) is 0 Å². The summed E-state index contributed by atoms with van der Waals surface area (Å²) in [4.78, 5) is 0. The maximum atomic E-state index is 10.5. The zero-order valence-electron chi connectivity index (χ0n) is 4.62. The first-order chi connectivity index (χ1) is 4.11. The highest BCUT2D eigenvalue weighted by Crippen LogP contribution is 2.12. The molecule has 52 valence electrons. The number of hydrogen-bond acceptors (Lipinski definition) is 2. The molecule has 0 bridgehead atoms. The molecule has 0 aliphatic carbocycles. The molecular formula is C4H6ClNO2S. The fourth-order valence-corrected chi connectivity index (χ4v) is 1.55. The standard InChI is InChI=1S/C4H6ClNO2S/c5-9(7,8)6-3-1-2-4-6/h1,3H,2,4H2. The molecule has 0 saturated heterocycles. The first kappa shape index (κ1) is 6.89. The summed E-state index contributed by atoms with van der Waals surface area (Å²) in [5.74, 6) is 0. The van der Waals surface area contributed by atoms with Crippen molar-refractivity contribution < 1.29 is 8.42 Å². The molecule has 0 atom stereocenters. The Kier molecular flexibility index (Phi) is 1.68. The fraction of sp³-hybridized carbons (Fsp3) is 0.500. The molecule has 0 N–H and O–H groups in total. The predicted octanol–water partition coefficient (Wildman–Crippen LogP) is 0.689. The Labute approximate surface area is 58.5 Å². The molecule has 0 aromatic carbocycles. The van der Waals surface area contributed by atoms with Crippen LogP contribution in [0.1, 0.15) is 6.42 Å². The normalized spacial score (nSPS) is 19.0. The van der Waals surface area contributed by atoms with Crippen LogP contribution in [0.4, 0.5) is 0 Å². The highest BCUT2D eigenvalue weighted by atomic mass is 35.7. The minimum atomic E-state index is -3.48. The van der Waals surface area contributed by atoms with Gasteiger partial charge in [0.05, 0.1) is 0 Å². The molecule has 5 heteroatoms. The van der Waals surface area contributed by atoms with Crippen LogP contribution in [0, 0.1) is 0 Å². The average Bonchev–Trinajstić information content (AvgIpc) is 2.08. The van der Waals surface area contributed by atoms with Gasteiger partial charge in [-0.1, -0.05) is 6.08 Å². The summed E-state index contributed by atoms with van der Waals surface area (Å²) in [6.45, 7) is 0.478. The maximum absolute atomic E-state index is 10.5. The van der Waals surface area contributed by atoms with Crippen molar-refractivity contribution in [3.63, 3.8) is 0 Å². The topological polar surface area (TPSA) is 37.4 Å². The maximum Gasteiger partial charge on any atom is 0.321 e. The van der Waals surface area contributed by atoms with Crippen molar-refractivity contribution >= 4 is 19.9 Å². The molecule has 0 saturated carbocycles. The van der Waals surface area contributed by atoms with Crippen LogP contribution in [-0.2, 0) is 9.24 Å². The molecule has 1 rings (SSSR count). The van der Waals surface area contributed by atoms with Gasteiger partial charge in [-0.05, 0) is 6.42 Å². The molecule has 9 heavy (non-hydrogen) atoms. The largest absolute Gasteiger partial charge is 0.321 e. The van der Waals surface area contributed by atoms with Crippen molar-refractivity contribution in [2.24, 2.45) is 0 Å². The van der Waals surface area contributed by atoms with Crippen LogP contribution < -0.4 is 0 Å². The van der Waals surface area contributed by atoms with Crippen LogP contribution in [-0.4, -0.2) is 19.3 Å². The molecule has 1 heterocycles. The number of nitrogens with zero attached hydrogens (tertiary/aromatic N) is 1. The minimum Gasteiger partial charge on any atom is -0.265 e. The van der Waals surface area contributed by atoms with Crippen LogP contribution in [0.15, 0.2) is 12.3 Å². The third-order valence-corrected chi connectivity index (χ3v) is 2.46. The summed E-state index contributed by atoms with van der Waals surface area (Å²) >= 11 is 0. The van der Waals surface area contributed by atoms with Crippen LogP contribution >= 0.6 is 10.7 Å². The molecule has 0 fully saturated rings. The molecule has 0 aromatic rings. The van der Waals surface area contributed by atoms with E-state index in [1.807, 2.05) is 0 Å². The Hall–Kier alpha value is -0.220. The van der Waals surface area contributed by atoms with E-state index in [4.69, 9.17) is 10.7 Å². The number of halogens is 1. The lowest BCUT2D eigenvalue weighted by Gasteiger charge is -2.07. The first-order valence-electron chi connectivity index (χ1n) is 2.49. The highest BCUT2D eigenvalue weighted by Gasteiger charge is 2.16. The summed E-state index contributed by atoms with van der Waals surface area (Å²) in [5.41, 5.74) is 0. The second-order valence-corrected chi connectivity index (χ2v) is 4.19. The van der Waals surface area contributed by atoms with Gasteiger partial charge >= 0.3 is 9.24 Å². The van der Waals surface area contributed by atoms with E-state index in [0.717, 1.165) is 10.7 Å². The summed E-state index contributed by atoms with van der Waals surface area (Å²) in [6, 6.07) is 0. The van der Waals surface area contributed by atoms with E-state index < -0.39 is 9.24 Å². The third-order valence-electron chi connectivity index (χ3n) is 1.07. The van der Waals surface area contributed by atoms with Gasteiger partial charge in [0.1, 0.15) is 0 Å². The highest BCUT2D eigenvalue weighted by molar-refractivity contribution is 8.11. The quantitative estimate of drug-likeness (QED) is 0.539. The molecule has 0 aromatic heterocycles. The molecule has 1 aliphatic rings. The van der Waals surface area contributed by atoms with Crippen molar-refractivity contribution in [2.75, 3.05) is 6.54 Å². The van der Waals surface area contributed by atoms with E-state index in [0.29, 0.717) is 6.54 Å². The van der Waals surface area contributed by atoms with Crippen molar-refractivity contribution in [3.05, 3.63) is 12.3 Å². The predicted molar refractivity (Wildman–Crippen MR) is 35.2 cm³/mol. The van der Waals surface area contributed by atoms with Gasteiger partial charge in [-0.15, -0.1) is 0 Å². The van der Waals surface area contributed by atoms with Gasteiger partial charge < -0.3 is 0 Å². The van der Waals surface area contributed by atoms with E-state index in [9.17, 15) is 8.42 Å². The van der Waals surface area contributed by atoms with E-state index in [2.05, 4.69) is 0 Å². The van der Waals surface area contributed by atoms with Gasteiger partial charge in [-0.3, -0.25) is 4.31 Å².